The molecular formula is C23H24N2O. The van der Waals surface area contributed by atoms with Crippen molar-refractivity contribution in [2.45, 2.75) is 32.6 Å². The van der Waals surface area contributed by atoms with Crippen LogP contribution in [0, 0.1) is 0 Å². The van der Waals surface area contributed by atoms with Crippen LogP contribution in [0.5, 0.6) is 0 Å². The Balaban J connectivity index is 1.58. The van der Waals surface area contributed by atoms with Crippen LogP contribution < -0.4 is 5.32 Å². The Morgan fingerprint density at radius 1 is 1.08 bits per heavy atom. The van der Waals surface area contributed by atoms with Crippen molar-refractivity contribution in [2.75, 3.05) is 5.32 Å². The van der Waals surface area contributed by atoms with E-state index in [0.29, 0.717) is 5.69 Å². The van der Waals surface area contributed by atoms with Crippen LogP contribution in [0.2, 0.25) is 0 Å². The van der Waals surface area contributed by atoms with Gasteiger partial charge in [0.15, 0.2) is 0 Å². The first-order valence-electron chi connectivity index (χ1n) is 9.17. The number of anilines is 1. The predicted octanol–water partition coefficient (Wildman–Crippen LogP) is 5.62. The average Bonchev–Trinajstić information content (AvgIpc) is 2.67. The van der Waals surface area contributed by atoms with Crippen LogP contribution >= 0.6 is 0 Å². The molecule has 3 heteroatoms. The number of carbonyl (C=O) groups excluding carboxylic acids is 1. The third kappa shape index (κ3) is 5.03. The van der Waals surface area contributed by atoms with E-state index in [9.17, 15) is 4.79 Å². The maximum Gasteiger partial charge on any atom is 0.248 e. The van der Waals surface area contributed by atoms with Crippen LogP contribution in [-0.2, 0) is 11.2 Å². The Hall–Kier alpha value is -2.94. The van der Waals surface area contributed by atoms with Crippen LogP contribution in [0.4, 0.5) is 5.69 Å². The lowest BCUT2D eigenvalue weighted by Gasteiger charge is -2.04. The highest BCUT2D eigenvalue weighted by Gasteiger charge is 2.01. The van der Waals surface area contributed by atoms with Gasteiger partial charge in [0.25, 0.3) is 0 Å². The molecule has 1 amide bonds. The van der Waals surface area contributed by atoms with Crippen LogP contribution in [-0.4, -0.2) is 10.9 Å². The Morgan fingerprint density at radius 2 is 1.88 bits per heavy atom. The van der Waals surface area contributed by atoms with Gasteiger partial charge in [0.1, 0.15) is 0 Å². The molecule has 0 bridgehead atoms. The van der Waals surface area contributed by atoms with Gasteiger partial charge in [0.2, 0.25) is 5.91 Å². The van der Waals surface area contributed by atoms with Crippen molar-refractivity contribution >= 4 is 28.6 Å². The van der Waals surface area contributed by atoms with Crippen molar-refractivity contribution in [2.24, 2.45) is 0 Å². The van der Waals surface area contributed by atoms with Crippen molar-refractivity contribution in [3.05, 3.63) is 78.0 Å². The second-order valence-electron chi connectivity index (χ2n) is 6.44. The number of amides is 1. The lowest BCUT2D eigenvalue weighted by Crippen LogP contribution is -2.07. The van der Waals surface area contributed by atoms with Crippen LogP contribution in [0.15, 0.2) is 66.9 Å². The number of fused-ring (bicyclic) bond motifs is 1. The molecule has 26 heavy (non-hydrogen) atoms. The molecule has 1 N–H and O–H groups in total. The van der Waals surface area contributed by atoms with Gasteiger partial charge in [-0.3, -0.25) is 9.78 Å². The van der Waals surface area contributed by atoms with Crippen molar-refractivity contribution < 1.29 is 4.79 Å². The smallest absolute Gasteiger partial charge is 0.248 e. The molecule has 0 aliphatic heterocycles. The number of rotatable bonds is 7. The molecule has 1 heterocycles. The summed E-state index contributed by atoms with van der Waals surface area (Å²) in [6.45, 7) is 2.22. The maximum atomic E-state index is 12.1. The first-order chi connectivity index (χ1) is 12.7. The van der Waals surface area contributed by atoms with E-state index in [1.807, 2.05) is 36.4 Å². The summed E-state index contributed by atoms with van der Waals surface area (Å²) >= 11 is 0. The van der Waals surface area contributed by atoms with Gasteiger partial charge in [-0.15, -0.1) is 0 Å². The van der Waals surface area contributed by atoms with Crippen LogP contribution in [0.25, 0.3) is 17.0 Å². The zero-order valence-corrected chi connectivity index (χ0v) is 15.1. The molecule has 0 radical (unpaired) electrons. The minimum absolute atomic E-state index is 0.158. The number of carbonyl (C=O) groups is 1. The molecule has 0 aliphatic carbocycles. The molecule has 0 saturated carbocycles. The minimum Gasteiger partial charge on any atom is -0.321 e. The summed E-state index contributed by atoms with van der Waals surface area (Å²) in [7, 11) is 0. The maximum absolute atomic E-state index is 12.1. The molecule has 1 aromatic heterocycles. The van der Waals surface area contributed by atoms with E-state index in [2.05, 4.69) is 41.5 Å². The lowest BCUT2D eigenvalue weighted by molar-refractivity contribution is -0.111. The summed E-state index contributed by atoms with van der Waals surface area (Å²) < 4.78 is 0. The number of unbranched alkanes of at least 4 members (excludes halogenated alkanes) is 2. The zero-order valence-electron chi connectivity index (χ0n) is 15.1. The Labute approximate surface area is 154 Å². The number of hydrogen-bond acceptors (Lipinski definition) is 2. The largest absolute Gasteiger partial charge is 0.321 e. The first kappa shape index (κ1) is 17.9. The van der Waals surface area contributed by atoms with Crippen molar-refractivity contribution in [3.8, 4) is 0 Å². The van der Waals surface area contributed by atoms with Crippen molar-refractivity contribution in [1.29, 1.82) is 0 Å². The summed E-state index contributed by atoms with van der Waals surface area (Å²) in [4.78, 5) is 16.5. The minimum atomic E-state index is -0.158. The highest BCUT2D eigenvalue weighted by Crippen LogP contribution is 2.16. The molecule has 0 aliphatic rings. The number of hydrogen-bond donors (Lipinski definition) is 1. The van der Waals surface area contributed by atoms with Gasteiger partial charge in [0, 0.05) is 11.5 Å². The van der Waals surface area contributed by atoms with Gasteiger partial charge in [-0.2, -0.15) is 0 Å². The summed E-state index contributed by atoms with van der Waals surface area (Å²) in [5, 5.41) is 3.87. The number of aryl methyl sites for hydroxylation is 1. The van der Waals surface area contributed by atoms with Crippen LogP contribution in [0.1, 0.15) is 37.3 Å². The summed E-state index contributed by atoms with van der Waals surface area (Å²) in [5.74, 6) is -0.158. The molecule has 0 atom stereocenters. The zero-order chi connectivity index (χ0) is 18.2. The number of pyridine rings is 1. The van der Waals surface area contributed by atoms with Gasteiger partial charge >= 0.3 is 0 Å². The fourth-order valence-corrected chi connectivity index (χ4v) is 2.87. The summed E-state index contributed by atoms with van der Waals surface area (Å²) in [6.07, 6.45) is 9.93. The highest BCUT2D eigenvalue weighted by molar-refractivity contribution is 6.02. The molecule has 0 spiro atoms. The predicted molar refractivity (Wildman–Crippen MR) is 109 cm³/mol. The topological polar surface area (TPSA) is 42.0 Å². The van der Waals surface area contributed by atoms with E-state index in [0.717, 1.165) is 22.9 Å². The molecule has 0 saturated heterocycles. The standard InChI is InChI=1S/C23H24N2O/c1-2-3-4-7-18-10-12-19(13-11-18)14-15-23(26)25-21-16-20-8-5-6-9-22(20)24-17-21/h5-6,8-17H,2-4,7H2,1H3,(H,25,26)/b15-14+. The van der Waals surface area contributed by atoms with E-state index >= 15 is 0 Å². The van der Waals surface area contributed by atoms with Crippen LogP contribution in [0.3, 0.4) is 0 Å². The SMILES string of the molecule is CCCCCc1ccc(/C=C/C(=O)Nc2cnc3ccccc3c2)cc1. The second-order valence-corrected chi connectivity index (χ2v) is 6.44. The number of aromatic nitrogens is 1. The number of nitrogens with one attached hydrogen (secondary N) is 1. The Bertz CT molecular complexity index is 897. The normalized spacial score (nSPS) is 11.1. The third-order valence-corrected chi connectivity index (χ3v) is 4.33. The van der Waals surface area contributed by atoms with Gasteiger partial charge in [-0.1, -0.05) is 62.2 Å². The number of para-hydroxylation sites is 1. The number of nitrogens with zero attached hydrogens (tertiary/aromatic N) is 1. The van der Waals surface area contributed by atoms with E-state index in [4.69, 9.17) is 0 Å². The van der Waals surface area contributed by atoms with E-state index in [-0.39, 0.29) is 5.91 Å². The molecule has 0 unspecified atom stereocenters. The van der Waals surface area contributed by atoms with E-state index in [1.165, 1.54) is 24.8 Å². The lowest BCUT2D eigenvalue weighted by atomic mass is 10.1. The second kappa shape index (κ2) is 8.95. The number of benzene rings is 2. The summed E-state index contributed by atoms with van der Waals surface area (Å²) in [5.41, 5.74) is 3.99. The summed E-state index contributed by atoms with van der Waals surface area (Å²) in [6, 6.07) is 18.2. The highest BCUT2D eigenvalue weighted by atomic mass is 16.1. The van der Waals surface area contributed by atoms with Gasteiger partial charge in [-0.05, 0) is 42.2 Å². The fraction of sp³-hybridized carbons (Fsp3) is 0.217. The van der Waals surface area contributed by atoms with Crippen molar-refractivity contribution in [1.82, 2.24) is 4.98 Å². The Kier molecular flexibility index (Phi) is 6.15. The fourth-order valence-electron chi connectivity index (χ4n) is 2.87. The van der Waals surface area contributed by atoms with Gasteiger partial charge < -0.3 is 5.32 Å². The Morgan fingerprint density at radius 3 is 2.69 bits per heavy atom. The van der Waals surface area contributed by atoms with Gasteiger partial charge in [-0.25, -0.2) is 0 Å². The molecule has 3 nitrogen and oxygen atoms in total. The molecular weight excluding hydrogens is 320 g/mol. The van der Waals surface area contributed by atoms with Gasteiger partial charge in [0.05, 0.1) is 17.4 Å². The first-order valence-corrected chi connectivity index (χ1v) is 9.17. The molecule has 0 fully saturated rings. The van der Waals surface area contributed by atoms with E-state index < -0.39 is 0 Å². The quantitative estimate of drug-likeness (QED) is 0.446. The molecule has 132 valence electrons. The van der Waals surface area contributed by atoms with Crippen molar-refractivity contribution in [3.63, 3.8) is 0 Å². The third-order valence-electron chi connectivity index (χ3n) is 4.33. The van der Waals surface area contributed by atoms with E-state index in [1.54, 1.807) is 12.3 Å². The molecule has 2 aromatic carbocycles. The molecule has 3 aromatic rings. The average molecular weight is 344 g/mol. The molecule has 3 rings (SSSR count). The monoisotopic (exact) mass is 344 g/mol.